The maximum Gasteiger partial charge on any atom is 0.219 e. The highest BCUT2D eigenvalue weighted by molar-refractivity contribution is 7.99. The summed E-state index contributed by atoms with van der Waals surface area (Å²) in [6, 6.07) is 7.19. The molecule has 1 aromatic rings. The van der Waals surface area contributed by atoms with Gasteiger partial charge in [-0.2, -0.15) is 0 Å². The largest absolute Gasteiger partial charge is 0.507 e. The van der Waals surface area contributed by atoms with E-state index < -0.39 is 0 Å². The number of hydrogen-bond donors (Lipinski definition) is 2. The Morgan fingerprint density at radius 1 is 1.47 bits per heavy atom. The van der Waals surface area contributed by atoms with Crippen LogP contribution in [-0.4, -0.2) is 23.3 Å². The lowest BCUT2D eigenvalue weighted by atomic mass is 10.3. The van der Waals surface area contributed by atoms with Crippen molar-refractivity contribution in [2.24, 2.45) is 0 Å². The second kappa shape index (κ2) is 6.35. The quantitative estimate of drug-likeness (QED) is 0.595. The first-order valence-electron chi connectivity index (χ1n) is 4.91. The molecule has 2 N–H and O–H groups in total. The van der Waals surface area contributed by atoms with Crippen molar-refractivity contribution in [2.45, 2.75) is 18.2 Å². The molecule has 0 radical (unpaired) electrons. The van der Waals surface area contributed by atoms with E-state index in [1.165, 1.54) is 11.8 Å². The molecule has 82 valence electrons. The third kappa shape index (κ3) is 4.25. The first-order valence-corrected chi connectivity index (χ1v) is 5.90. The van der Waals surface area contributed by atoms with E-state index >= 15 is 0 Å². The molecule has 0 fully saturated rings. The Balaban J connectivity index is 2.26. The van der Waals surface area contributed by atoms with Crippen molar-refractivity contribution in [1.29, 1.82) is 0 Å². The lowest BCUT2D eigenvalue weighted by molar-refractivity contribution is -0.120. The second-order valence-corrected chi connectivity index (χ2v) is 4.16. The predicted octanol–water partition coefficient (Wildman–Crippen LogP) is 2.01. The number of hydrogen-bond acceptors (Lipinski definition) is 3. The molecule has 15 heavy (non-hydrogen) atoms. The van der Waals surface area contributed by atoms with Crippen molar-refractivity contribution >= 4 is 17.7 Å². The summed E-state index contributed by atoms with van der Waals surface area (Å²) in [5.74, 6) is 1.13. The second-order valence-electron chi connectivity index (χ2n) is 3.02. The Morgan fingerprint density at radius 2 is 2.20 bits per heavy atom. The SMILES string of the molecule is CCC(=O)NCCSc1ccccc1O. The summed E-state index contributed by atoms with van der Waals surface area (Å²) in [6.45, 7) is 2.46. The molecule has 0 heterocycles. The standard InChI is InChI=1S/C11H15NO2S/c1-2-11(14)12-7-8-15-10-6-4-3-5-9(10)13/h3-6,13H,2,7-8H2,1H3,(H,12,14). The monoisotopic (exact) mass is 225 g/mol. The van der Waals surface area contributed by atoms with Gasteiger partial charge in [0.25, 0.3) is 0 Å². The van der Waals surface area contributed by atoms with Crippen LogP contribution in [0.5, 0.6) is 5.75 Å². The van der Waals surface area contributed by atoms with E-state index in [1.54, 1.807) is 12.1 Å². The van der Waals surface area contributed by atoms with Gasteiger partial charge < -0.3 is 10.4 Å². The summed E-state index contributed by atoms with van der Waals surface area (Å²) in [5, 5.41) is 12.2. The Bertz CT molecular complexity index is 328. The molecule has 1 rings (SSSR count). The maximum absolute atomic E-state index is 10.9. The highest BCUT2D eigenvalue weighted by Gasteiger charge is 2.00. The van der Waals surface area contributed by atoms with Gasteiger partial charge in [0.2, 0.25) is 5.91 Å². The summed E-state index contributed by atoms with van der Waals surface area (Å²) in [6.07, 6.45) is 0.515. The van der Waals surface area contributed by atoms with Crippen LogP contribution in [0.25, 0.3) is 0 Å². The van der Waals surface area contributed by atoms with Crippen LogP contribution >= 0.6 is 11.8 Å². The molecule has 1 aromatic carbocycles. The molecule has 0 unspecified atom stereocenters. The van der Waals surface area contributed by atoms with Gasteiger partial charge in [0.05, 0.1) is 0 Å². The molecular weight excluding hydrogens is 210 g/mol. The summed E-state index contributed by atoms with van der Waals surface area (Å²) >= 11 is 1.53. The molecule has 3 nitrogen and oxygen atoms in total. The zero-order valence-electron chi connectivity index (χ0n) is 8.69. The summed E-state index contributed by atoms with van der Waals surface area (Å²) < 4.78 is 0. The van der Waals surface area contributed by atoms with Crippen molar-refractivity contribution in [3.05, 3.63) is 24.3 Å². The molecule has 4 heteroatoms. The minimum absolute atomic E-state index is 0.0629. The number of benzene rings is 1. The van der Waals surface area contributed by atoms with Gasteiger partial charge in [-0.05, 0) is 12.1 Å². The van der Waals surface area contributed by atoms with Gasteiger partial charge in [-0.25, -0.2) is 0 Å². The van der Waals surface area contributed by atoms with Crippen molar-refractivity contribution in [3.63, 3.8) is 0 Å². The van der Waals surface area contributed by atoms with Gasteiger partial charge in [-0.15, -0.1) is 11.8 Å². The number of nitrogens with one attached hydrogen (secondary N) is 1. The smallest absolute Gasteiger partial charge is 0.219 e. The van der Waals surface area contributed by atoms with Crippen molar-refractivity contribution in [2.75, 3.05) is 12.3 Å². The van der Waals surface area contributed by atoms with E-state index in [2.05, 4.69) is 5.32 Å². The van der Waals surface area contributed by atoms with Crippen molar-refractivity contribution < 1.29 is 9.90 Å². The topological polar surface area (TPSA) is 49.3 Å². The first-order chi connectivity index (χ1) is 7.24. The Labute approximate surface area is 93.9 Å². The minimum Gasteiger partial charge on any atom is -0.507 e. The fourth-order valence-corrected chi connectivity index (χ4v) is 1.87. The first kappa shape index (κ1) is 11.9. The molecule has 0 aliphatic carbocycles. The molecule has 0 aliphatic rings. The van der Waals surface area contributed by atoms with E-state index in [0.29, 0.717) is 18.7 Å². The number of aromatic hydroxyl groups is 1. The number of carbonyl (C=O) groups is 1. The average Bonchev–Trinajstić information content (AvgIpc) is 2.26. The summed E-state index contributed by atoms with van der Waals surface area (Å²) in [4.78, 5) is 11.8. The van der Waals surface area contributed by atoms with Gasteiger partial charge >= 0.3 is 0 Å². The van der Waals surface area contributed by atoms with Gasteiger partial charge in [-0.1, -0.05) is 19.1 Å². The molecule has 0 saturated heterocycles. The van der Waals surface area contributed by atoms with E-state index in [0.717, 1.165) is 10.6 Å². The van der Waals surface area contributed by atoms with Crippen molar-refractivity contribution in [1.82, 2.24) is 5.32 Å². The predicted molar refractivity (Wildman–Crippen MR) is 62.1 cm³/mol. The fourth-order valence-electron chi connectivity index (χ4n) is 1.06. The lowest BCUT2D eigenvalue weighted by Crippen LogP contribution is -2.24. The number of rotatable bonds is 5. The number of phenols is 1. The van der Waals surface area contributed by atoms with Gasteiger partial charge in [-0.3, -0.25) is 4.79 Å². The number of carbonyl (C=O) groups excluding carboxylic acids is 1. The van der Waals surface area contributed by atoms with E-state index in [4.69, 9.17) is 0 Å². The lowest BCUT2D eigenvalue weighted by Gasteiger charge is -2.04. The number of para-hydroxylation sites is 1. The molecule has 0 saturated carbocycles. The molecule has 0 aromatic heterocycles. The fraction of sp³-hybridized carbons (Fsp3) is 0.364. The van der Waals surface area contributed by atoms with Crippen LogP contribution < -0.4 is 5.32 Å². The number of amides is 1. The highest BCUT2D eigenvalue weighted by atomic mass is 32.2. The molecule has 0 aliphatic heterocycles. The molecule has 1 amide bonds. The zero-order chi connectivity index (χ0) is 11.1. The molecule has 0 atom stereocenters. The minimum atomic E-state index is 0.0629. The summed E-state index contributed by atoms with van der Waals surface area (Å²) in [7, 11) is 0. The van der Waals surface area contributed by atoms with E-state index in [9.17, 15) is 9.90 Å². The highest BCUT2D eigenvalue weighted by Crippen LogP contribution is 2.26. The Morgan fingerprint density at radius 3 is 2.87 bits per heavy atom. The Hall–Kier alpha value is -1.16. The van der Waals surface area contributed by atoms with Gasteiger partial charge in [0.1, 0.15) is 5.75 Å². The molecular formula is C11H15NO2S. The zero-order valence-corrected chi connectivity index (χ0v) is 9.51. The van der Waals surface area contributed by atoms with Crippen molar-refractivity contribution in [3.8, 4) is 5.75 Å². The molecule has 0 spiro atoms. The normalized spacial score (nSPS) is 9.93. The van der Waals surface area contributed by atoms with E-state index in [1.807, 2.05) is 19.1 Å². The Kier molecular flexibility index (Phi) is 5.04. The van der Waals surface area contributed by atoms with E-state index in [-0.39, 0.29) is 5.91 Å². The molecule has 0 bridgehead atoms. The van der Waals surface area contributed by atoms with Crippen LogP contribution in [0.1, 0.15) is 13.3 Å². The van der Waals surface area contributed by atoms with Crippen LogP contribution in [-0.2, 0) is 4.79 Å². The van der Waals surface area contributed by atoms with Crippen LogP contribution in [0.3, 0.4) is 0 Å². The van der Waals surface area contributed by atoms with Crippen LogP contribution in [0.15, 0.2) is 29.2 Å². The van der Waals surface area contributed by atoms with Crippen LogP contribution in [0.4, 0.5) is 0 Å². The summed E-state index contributed by atoms with van der Waals surface area (Å²) in [5.41, 5.74) is 0. The average molecular weight is 225 g/mol. The van der Waals surface area contributed by atoms with Crippen LogP contribution in [0, 0.1) is 0 Å². The third-order valence-corrected chi connectivity index (χ3v) is 2.93. The van der Waals surface area contributed by atoms with Crippen LogP contribution in [0.2, 0.25) is 0 Å². The third-order valence-electron chi connectivity index (χ3n) is 1.87. The van der Waals surface area contributed by atoms with Gasteiger partial charge in [0, 0.05) is 23.6 Å². The number of thioether (sulfide) groups is 1. The maximum atomic E-state index is 10.9. The van der Waals surface area contributed by atoms with Gasteiger partial charge in [0.15, 0.2) is 0 Å². The number of phenolic OH excluding ortho intramolecular Hbond substituents is 1.